The van der Waals surface area contributed by atoms with Crippen LogP contribution >= 0.6 is 27.3 Å². The topological polar surface area (TPSA) is 68.5 Å². The van der Waals surface area contributed by atoms with E-state index in [0.717, 1.165) is 3.79 Å². The van der Waals surface area contributed by atoms with Crippen LogP contribution in [0.25, 0.3) is 10.2 Å². The van der Waals surface area contributed by atoms with Gasteiger partial charge in [0.05, 0.1) is 20.6 Å². The number of carbonyl (C=O) groups is 1. The smallest absolute Gasteiger partial charge is 0.347 e. The van der Waals surface area contributed by atoms with Crippen LogP contribution in [0.4, 0.5) is 0 Å². The zero-order valence-corrected chi connectivity index (χ0v) is 12.1. The molecule has 0 amide bonds. The molecule has 0 aromatic carbocycles. The molecule has 2 rings (SSSR count). The lowest BCUT2D eigenvalue weighted by atomic mass is 10.2. The van der Waals surface area contributed by atoms with Crippen LogP contribution in [-0.4, -0.2) is 22.2 Å². The van der Waals surface area contributed by atoms with Crippen molar-refractivity contribution in [2.24, 2.45) is 7.05 Å². The Kier molecular flexibility index (Phi) is 3.45. The number of esters is 1. The van der Waals surface area contributed by atoms with Crippen molar-refractivity contribution in [3.05, 3.63) is 25.8 Å². The molecule has 0 saturated carbocycles. The largest absolute Gasteiger partial charge is 0.505 e. The van der Waals surface area contributed by atoms with Crippen LogP contribution in [0.5, 0.6) is 5.75 Å². The third-order valence-electron chi connectivity index (χ3n) is 2.49. The summed E-state index contributed by atoms with van der Waals surface area (Å²) in [6.07, 6.45) is 0. The van der Waals surface area contributed by atoms with Gasteiger partial charge in [-0.15, -0.1) is 11.3 Å². The number of hydrogen-bond acceptors (Lipinski definition) is 5. The van der Waals surface area contributed by atoms with Gasteiger partial charge in [0.2, 0.25) is 0 Å². The Bertz CT molecular complexity index is 688. The third kappa shape index (κ3) is 1.93. The van der Waals surface area contributed by atoms with Gasteiger partial charge < -0.3 is 14.4 Å². The Morgan fingerprint density at radius 2 is 2.28 bits per heavy atom. The second kappa shape index (κ2) is 4.74. The molecule has 0 aliphatic carbocycles. The molecular formula is C11H10BrNO4S. The highest BCUT2D eigenvalue weighted by atomic mass is 79.9. The lowest BCUT2D eigenvalue weighted by Gasteiger charge is -2.07. The maximum atomic E-state index is 12.0. The Balaban J connectivity index is 2.82. The highest BCUT2D eigenvalue weighted by molar-refractivity contribution is 9.11. The molecule has 0 bridgehead atoms. The van der Waals surface area contributed by atoms with E-state index in [1.54, 1.807) is 20.0 Å². The molecule has 0 fully saturated rings. The molecule has 0 radical (unpaired) electrons. The molecular weight excluding hydrogens is 322 g/mol. The average Bonchev–Trinajstić information content (AvgIpc) is 2.69. The van der Waals surface area contributed by atoms with E-state index in [0.29, 0.717) is 10.2 Å². The summed E-state index contributed by atoms with van der Waals surface area (Å²) in [7, 11) is 1.55. The number of rotatable bonds is 2. The Labute approximate surface area is 115 Å². The second-order valence-corrected chi connectivity index (χ2v) is 6.00. The number of fused-ring (bicyclic) bond motifs is 1. The van der Waals surface area contributed by atoms with E-state index >= 15 is 0 Å². The first-order chi connectivity index (χ1) is 8.47. The van der Waals surface area contributed by atoms with E-state index in [4.69, 9.17) is 4.74 Å². The number of aromatic hydroxyl groups is 1. The van der Waals surface area contributed by atoms with Gasteiger partial charge in [-0.2, -0.15) is 0 Å². The summed E-state index contributed by atoms with van der Waals surface area (Å²) in [6.45, 7) is 1.79. The van der Waals surface area contributed by atoms with Crippen LogP contribution in [0.15, 0.2) is 14.6 Å². The first-order valence-electron chi connectivity index (χ1n) is 5.15. The number of pyridine rings is 1. The number of carbonyl (C=O) groups excluding carboxylic acids is 1. The summed E-state index contributed by atoms with van der Waals surface area (Å²) in [5.74, 6) is -1.12. The molecule has 7 heteroatoms. The SMILES string of the molecule is CCOC(=O)c1c(O)c2sc(Br)cc2n(C)c1=O. The highest BCUT2D eigenvalue weighted by Crippen LogP contribution is 2.36. The maximum absolute atomic E-state index is 12.0. The van der Waals surface area contributed by atoms with Gasteiger partial charge in [0.1, 0.15) is 0 Å². The fourth-order valence-corrected chi connectivity index (χ4v) is 3.22. The lowest BCUT2D eigenvalue weighted by Crippen LogP contribution is -2.25. The minimum absolute atomic E-state index is 0.146. The van der Waals surface area contributed by atoms with Gasteiger partial charge in [-0.3, -0.25) is 4.79 Å². The van der Waals surface area contributed by atoms with Crippen molar-refractivity contribution in [2.45, 2.75) is 6.92 Å². The molecule has 18 heavy (non-hydrogen) atoms. The summed E-state index contributed by atoms with van der Waals surface area (Å²) in [4.78, 5) is 23.7. The normalized spacial score (nSPS) is 10.8. The van der Waals surface area contributed by atoms with Crippen molar-refractivity contribution in [2.75, 3.05) is 6.61 Å². The van der Waals surface area contributed by atoms with E-state index in [-0.39, 0.29) is 17.9 Å². The standard InChI is InChI=1S/C11H10BrNO4S/c1-3-17-11(16)7-8(14)9-5(4-6(12)18-9)13(2)10(7)15/h4,14H,3H2,1-2H3. The van der Waals surface area contributed by atoms with E-state index in [1.807, 2.05) is 0 Å². The van der Waals surface area contributed by atoms with Crippen LogP contribution in [0.2, 0.25) is 0 Å². The van der Waals surface area contributed by atoms with E-state index in [1.165, 1.54) is 15.9 Å². The number of thiophene rings is 1. The van der Waals surface area contributed by atoms with Gasteiger partial charge in [0.25, 0.3) is 5.56 Å². The van der Waals surface area contributed by atoms with Crippen LogP contribution in [-0.2, 0) is 11.8 Å². The third-order valence-corrected chi connectivity index (χ3v) is 4.13. The molecule has 0 atom stereocenters. The number of hydrogen-bond donors (Lipinski definition) is 1. The lowest BCUT2D eigenvalue weighted by molar-refractivity contribution is 0.0520. The molecule has 96 valence electrons. The number of aromatic nitrogens is 1. The molecule has 0 aliphatic heterocycles. The van der Waals surface area contributed by atoms with E-state index in [9.17, 15) is 14.7 Å². The molecule has 0 spiro atoms. The van der Waals surface area contributed by atoms with Crippen LogP contribution < -0.4 is 5.56 Å². The van der Waals surface area contributed by atoms with Gasteiger partial charge in [0, 0.05) is 7.05 Å². The summed E-state index contributed by atoms with van der Waals surface area (Å²) in [5.41, 5.74) is -0.313. The Morgan fingerprint density at radius 3 is 2.89 bits per heavy atom. The van der Waals surface area contributed by atoms with Gasteiger partial charge in [-0.1, -0.05) is 0 Å². The number of nitrogens with zero attached hydrogens (tertiary/aromatic N) is 1. The predicted octanol–water partition coefficient (Wildman–Crippen LogP) is 2.24. The molecule has 2 aromatic rings. The summed E-state index contributed by atoms with van der Waals surface area (Å²) >= 11 is 4.54. The van der Waals surface area contributed by atoms with Gasteiger partial charge >= 0.3 is 5.97 Å². The van der Waals surface area contributed by atoms with Crippen LogP contribution in [0.1, 0.15) is 17.3 Å². The molecule has 0 aliphatic rings. The van der Waals surface area contributed by atoms with Gasteiger partial charge in [-0.25, -0.2) is 4.79 Å². The number of halogens is 1. The van der Waals surface area contributed by atoms with Gasteiger partial charge in [-0.05, 0) is 28.9 Å². The Hall–Kier alpha value is -1.34. The fraction of sp³-hybridized carbons (Fsp3) is 0.273. The monoisotopic (exact) mass is 331 g/mol. The first-order valence-corrected chi connectivity index (χ1v) is 6.76. The second-order valence-electron chi connectivity index (χ2n) is 3.57. The highest BCUT2D eigenvalue weighted by Gasteiger charge is 2.23. The first kappa shape index (κ1) is 13.1. The summed E-state index contributed by atoms with van der Waals surface area (Å²) in [6, 6.07) is 1.72. The Morgan fingerprint density at radius 1 is 1.61 bits per heavy atom. The minimum atomic E-state index is -0.804. The molecule has 2 heterocycles. The van der Waals surface area contributed by atoms with Crippen molar-refractivity contribution >= 4 is 43.5 Å². The zero-order valence-electron chi connectivity index (χ0n) is 9.69. The van der Waals surface area contributed by atoms with E-state index < -0.39 is 11.5 Å². The van der Waals surface area contributed by atoms with E-state index in [2.05, 4.69) is 15.9 Å². The molecule has 1 N–H and O–H groups in total. The van der Waals surface area contributed by atoms with Crippen molar-refractivity contribution in [1.29, 1.82) is 0 Å². The van der Waals surface area contributed by atoms with Crippen molar-refractivity contribution in [3.8, 4) is 5.75 Å². The molecule has 0 unspecified atom stereocenters. The zero-order chi connectivity index (χ0) is 13.4. The predicted molar refractivity (Wildman–Crippen MR) is 72.4 cm³/mol. The van der Waals surface area contributed by atoms with Crippen molar-refractivity contribution in [3.63, 3.8) is 0 Å². The quantitative estimate of drug-likeness (QED) is 0.857. The fourth-order valence-electron chi connectivity index (χ4n) is 1.65. The molecule has 5 nitrogen and oxygen atoms in total. The van der Waals surface area contributed by atoms with Crippen LogP contribution in [0, 0.1) is 0 Å². The minimum Gasteiger partial charge on any atom is -0.505 e. The number of aryl methyl sites for hydroxylation is 1. The van der Waals surface area contributed by atoms with Crippen molar-refractivity contribution < 1.29 is 14.6 Å². The van der Waals surface area contributed by atoms with Crippen molar-refractivity contribution in [1.82, 2.24) is 4.57 Å². The molecule has 0 saturated heterocycles. The summed E-state index contributed by atoms with van der Waals surface area (Å²) < 4.78 is 7.35. The molecule has 2 aromatic heterocycles. The van der Waals surface area contributed by atoms with Crippen LogP contribution in [0.3, 0.4) is 0 Å². The summed E-state index contributed by atoms with van der Waals surface area (Å²) in [5, 5.41) is 10.0. The van der Waals surface area contributed by atoms with Gasteiger partial charge in [0.15, 0.2) is 11.3 Å². The average molecular weight is 332 g/mol. The maximum Gasteiger partial charge on any atom is 0.347 e. The number of ether oxygens (including phenoxy) is 1.